The van der Waals surface area contributed by atoms with Crippen molar-refractivity contribution in [3.05, 3.63) is 64.7 Å². The van der Waals surface area contributed by atoms with Gasteiger partial charge in [0.2, 0.25) is 0 Å². The van der Waals surface area contributed by atoms with Gasteiger partial charge in [-0.3, -0.25) is 0 Å². The summed E-state index contributed by atoms with van der Waals surface area (Å²) in [4.78, 5) is 0. The van der Waals surface area contributed by atoms with Crippen LogP contribution >= 0.6 is 11.6 Å². The highest BCUT2D eigenvalue weighted by Crippen LogP contribution is 2.37. The summed E-state index contributed by atoms with van der Waals surface area (Å²) >= 11 is 6.18. The van der Waals surface area contributed by atoms with E-state index in [0.717, 1.165) is 35.7 Å². The van der Waals surface area contributed by atoms with Crippen LogP contribution in [0.2, 0.25) is 5.02 Å². The lowest BCUT2D eigenvalue weighted by Crippen LogP contribution is -2.04. The van der Waals surface area contributed by atoms with E-state index >= 15 is 0 Å². The second-order valence-electron chi connectivity index (χ2n) is 5.36. The van der Waals surface area contributed by atoms with Gasteiger partial charge in [0.15, 0.2) is 0 Å². The van der Waals surface area contributed by atoms with Crippen LogP contribution in [0.1, 0.15) is 5.56 Å². The molecule has 0 atom stereocenters. The molecule has 0 amide bonds. The van der Waals surface area contributed by atoms with Crippen LogP contribution in [0.25, 0.3) is 16.9 Å². The van der Waals surface area contributed by atoms with Crippen LogP contribution < -0.4 is 5.32 Å². The normalized spacial score (nSPS) is 13.0. The van der Waals surface area contributed by atoms with Gasteiger partial charge in [-0.25, -0.2) is 13.5 Å². The molecule has 1 N–H and O–H groups in total. The molecule has 0 aliphatic carbocycles. The third-order valence-corrected chi connectivity index (χ3v) is 4.22. The van der Waals surface area contributed by atoms with Crippen LogP contribution in [0, 0.1) is 11.6 Å². The number of hydrogen-bond donors (Lipinski definition) is 1. The summed E-state index contributed by atoms with van der Waals surface area (Å²) in [6.45, 7) is 0.792. The molecule has 0 saturated carbocycles. The van der Waals surface area contributed by atoms with Crippen molar-refractivity contribution in [3.8, 4) is 16.9 Å². The number of nitrogens with zero attached hydrogens (tertiary/aromatic N) is 2. The topological polar surface area (TPSA) is 29.9 Å². The van der Waals surface area contributed by atoms with Crippen LogP contribution in [-0.2, 0) is 6.42 Å². The van der Waals surface area contributed by atoms with E-state index < -0.39 is 0 Å². The van der Waals surface area contributed by atoms with Crippen LogP contribution in [0.4, 0.5) is 14.6 Å². The fourth-order valence-corrected chi connectivity index (χ4v) is 3.10. The second kappa shape index (κ2) is 5.35. The number of benzene rings is 2. The van der Waals surface area contributed by atoms with Gasteiger partial charge in [-0.05, 0) is 48.9 Å². The number of nitrogens with one attached hydrogen (secondary N) is 1. The Labute approximate surface area is 136 Å². The Morgan fingerprint density at radius 2 is 1.78 bits per heavy atom. The number of rotatable bonds is 2. The van der Waals surface area contributed by atoms with Crippen LogP contribution in [0.3, 0.4) is 0 Å². The zero-order valence-electron chi connectivity index (χ0n) is 12.0. The van der Waals surface area contributed by atoms with E-state index in [1.54, 1.807) is 22.9 Å². The number of halogens is 3. The largest absolute Gasteiger partial charge is 0.369 e. The smallest absolute Gasteiger partial charge is 0.133 e. The fraction of sp³-hybridized carbons (Fsp3) is 0.118. The lowest BCUT2D eigenvalue weighted by molar-refractivity contribution is 0.627. The first-order valence-corrected chi connectivity index (χ1v) is 7.58. The maximum atomic E-state index is 13.3. The third kappa shape index (κ3) is 2.37. The van der Waals surface area contributed by atoms with Gasteiger partial charge in [0, 0.05) is 17.7 Å². The molecule has 1 aliphatic rings. The average Bonchev–Trinajstić information content (AvgIpc) is 3.11. The maximum Gasteiger partial charge on any atom is 0.133 e. The van der Waals surface area contributed by atoms with Gasteiger partial charge in [-0.15, -0.1) is 0 Å². The molecule has 0 radical (unpaired) electrons. The molecule has 3 nitrogen and oxygen atoms in total. The van der Waals surface area contributed by atoms with Crippen molar-refractivity contribution in [3.63, 3.8) is 0 Å². The lowest BCUT2D eigenvalue weighted by atomic mass is 10.1. The monoisotopic (exact) mass is 331 g/mol. The van der Waals surface area contributed by atoms with Crippen LogP contribution in [0.5, 0.6) is 0 Å². The predicted octanol–water partition coefficient (Wildman–Crippen LogP) is 4.44. The second-order valence-corrected chi connectivity index (χ2v) is 5.77. The van der Waals surface area contributed by atoms with Crippen molar-refractivity contribution in [1.82, 2.24) is 9.78 Å². The quantitative estimate of drug-likeness (QED) is 0.752. The molecular weight excluding hydrogens is 320 g/mol. The molecule has 0 unspecified atom stereocenters. The minimum absolute atomic E-state index is 0.299. The fourth-order valence-electron chi connectivity index (χ4n) is 2.84. The highest BCUT2D eigenvalue weighted by Gasteiger charge is 2.25. The number of anilines is 1. The van der Waals surface area contributed by atoms with Crippen molar-refractivity contribution in [1.29, 1.82) is 0 Å². The number of hydrogen-bond acceptors (Lipinski definition) is 2. The summed E-state index contributed by atoms with van der Waals surface area (Å²) in [6.07, 6.45) is 0.805. The van der Waals surface area contributed by atoms with Crippen LogP contribution in [0.15, 0.2) is 42.5 Å². The molecule has 0 bridgehead atoms. The zero-order chi connectivity index (χ0) is 16.0. The summed E-state index contributed by atoms with van der Waals surface area (Å²) in [5.41, 5.74) is 3.19. The molecule has 1 aromatic heterocycles. The SMILES string of the molecule is Fc1ccc(-n2nc(-c3ccc(F)cc3Cl)c3c2NCC3)cc1. The zero-order valence-corrected chi connectivity index (χ0v) is 12.7. The molecule has 2 aromatic carbocycles. The van der Waals surface area contributed by atoms with Gasteiger partial charge in [0.1, 0.15) is 17.5 Å². The first-order chi connectivity index (χ1) is 11.1. The predicted molar refractivity (Wildman–Crippen MR) is 86.1 cm³/mol. The number of aromatic nitrogens is 2. The van der Waals surface area contributed by atoms with E-state index in [1.807, 2.05) is 0 Å². The Bertz CT molecular complexity index is 888. The van der Waals surface area contributed by atoms with Gasteiger partial charge in [-0.2, -0.15) is 5.10 Å². The highest BCUT2D eigenvalue weighted by molar-refractivity contribution is 6.33. The summed E-state index contributed by atoms with van der Waals surface area (Å²) in [7, 11) is 0. The van der Waals surface area contributed by atoms with Crippen molar-refractivity contribution in [2.45, 2.75) is 6.42 Å². The summed E-state index contributed by atoms with van der Waals surface area (Å²) in [5.74, 6) is 0.186. The van der Waals surface area contributed by atoms with Gasteiger partial charge >= 0.3 is 0 Å². The van der Waals surface area contributed by atoms with E-state index in [4.69, 9.17) is 11.6 Å². The van der Waals surface area contributed by atoms with E-state index in [-0.39, 0.29) is 11.6 Å². The van der Waals surface area contributed by atoms with Gasteiger partial charge in [-0.1, -0.05) is 11.6 Å². The van der Waals surface area contributed by atoms with E-state index in [0.29, 0.717) is 10.6 Å². The van der Waals surface area contributed by atoms with E-state index in [9.17, 15) is 8.78 Å². The van der Waals surface area contributed by atoms with Crippen molar-refractivity contribution in [2.75, 3.05) is 11.9 Å². The van der Waals surface area contributed by atoms with Crippen molar-refractivity contribution < 1.29 is 8.78 Å². The summed E-state index contributed by atoms with van der Waals surface area (Å²) in [5, 5.41) is 8.23. The van der Waals surface area contributed by atoms with Crippen molar-refractivity contribution >= 4 is 17.4 Å². The Morgan fingerprint density at radius 1 is 1.04 bits per heavy atom. The molecule has 0 fully saturated rings. The molecule has 116 valence electrons. The minimum atomic E-state index is -0.383. The first kappa shape index (κ1) is 14.2. The highest BCUT2D eigenvalue weighted by atomic mass is 35.5. The molecule has 6 heteroatoms. The molecular formula is C17H12ClF2N3. The molecule has 4 rings (SSSR count). The molecule has 0 spiro atoms. The number of fused-ring (bicyclic) bond motifs is 1. The Hall–Kier alpha value is -2.40. The van der Waals surface area contributed by atoms with Gasteiger partial charge in [0.25, 0.3) is 0 Å². The Morgan fingerprint density at radius 3 is 2.52 bits per heavy atom. The molecule has 3 aromatic rings. The van der Waals surface area contributed by atoms with Gasteiger partial charge in [0.05, 0.1) is 16.4 Å². The standard InChI is InChI=1S/C17H12ClF2N3/c18-15-9-11(20)3-6-13(15)16-14-7-8-21-17(14)23(22-16)12-4-1-10(19)2-5-12/h1-6,9,21H,7-8H2. The molecule has 1 aliphatic heterocycles. The summed E-state index contributed by atoms with van der Waals surface area (Å²) in [6, 6.07) is 10.4. The first-order valence-electron chi connectivity index (χ1n) is 7.20. The maximum absolute atomic E-state index is 13.3. The van der Waals surface area contributed by atoms with E-state index in [2.05, 4.69) is 10.4 Å². The van der Waals surface area contributed by atoms with E-state index in [1.165, 1.54) is 24.3 Å². The lowest BCUT2D eigenvalue weighted by Gasteiger charge is -2.06. The minimum Gasteiger partial charge on any atom is -0.369 e. The molecule has 2 heterocycles. The average molecular weight is 332 g/mol. The summed E-state index contributed by atoms with van der Waals surface area (Å²) < 4.78 is 28.2. The Kier molecular flexibility index (Phi) is 3.31. The molecule has 0 saturated heterocycles. The Balaban J connectivity index is 1.89. The molecule has 23 heavy (non-hydrogen) atoms. The van der Waals surface area contributed by atoms with Gasteiger partial charge < -0.3 is 5.32 Å². The van der Waals surface area contributed by atoms with Crippen molar-refractivity contribution in [2.24, 2.45) is 0 Å². The third-order valence-electron chi connectivity index (χ3n) is 3.91. The van der Waals surface area contributed by atoms with Crippen LogP contribution in [-0.4, -0.2) is 16.3 Å².